The molecule has 1 saturated carbocycles. The normalized spacial score (nSPS) is 26.6. The van der Waals surface area contributed by atoms with Crippen molar-refractivity contribution in [2.24, 2.45) is 5.92 Å². The lowest BCUT2D eigenvalue weighted by Gasteiger charge is -2.30. The molecule has 1 saturated heterocycles. The molecule has 0 spiro atoms. The number of nitrogens with zero attached hydrogens (tertiary/aromatic N) is 1. The lowest BCUT2D eigenvalue weighted by atomic mass is 9.81. The Morgan fingerprint density at radius 3 is 2.38 bits per heavy atom. The molecule has 0 aromatic rings. The van der Waals surface area contributed by atoms with Gasteiger partial charge in [0.15, 0.2) is 0 Å². The first-order valence-corrected chi connectivity index (χ1v) is 7.23. The smallest absolute Gasteiger partial charge is 0.0192 e. The van der Waals surface area contributed by atoms with Gasteiger partial charge in [0.25, 0.3) is 0 Å². The van der Waals surface area contributed by atoms with E-state index in [0.717, 1.165) is 18.0 Å². The molecule has 0 bridgehead atoms. The van der Waals surface area contributed by atoms with Crippen molar-refractivity contribution in [3.8, 4) is 0 Å². The SMILES string of the molecule is CC(CC1CCC1)NCC(C)N1CCCC1. The minimum absolute atomic E-state index is 0.718. The molecule has 0 amide bonds. The molecule has 1 heterocycles. The lowest BCUT2D eigenvalue weighted by Crippen LogP contribution is -2.42. The zero-order chi connectivity index (χ0) is 11.4. The number of nitrogens with one attached hydrogen (secondary N) is 1. The Balaban J connectivity index is 1.57. The third-order valence-electron chi connectivity index (χ3n) is 4.44. The molecule has 0 aromatic heterocycles. The maximum absolute atomic E-state index is 3.72. The van der Waals surface area contributed by atoms with Gasteiger partial charge in [-0.2, -0.15) is 0 Å². The van der Waals surface area contributed by atoms with Gasteiger partial charge in [-0.25, -0.2) is 0 Å². The molecular weight excluding hydrogens is 196 g/mol. The topological polar surface area (TPSA) is 15.3 Å². The molecule has 1 aliphatic heterocycles. The molecule has 2 unspecified atom stereocenters. The molecule has 2 rings (SSSR count). The van der Waals surface area contributed by atoms with E-state index in [1.54, 1.807) is 0 Å². The van der Waals surface area contributed by atoms with Crippen LogP contribution in [0.15, 0.2) is 0 Å². The second kappa shape index (κ2) is 6.02. The highest BCUT2D eigenvalue weighted by molar-refractivity contribution is 4.78. The minimum atomic E-state index is 0.718. The van der Waals surface area contributed by atoms with E-state index in [9.17, 15) is 0 Å². The zero-order valence-corrected chi connectivity index (χ0v) is 11.0. The Labute approximate surface area is 101 Å². The van der Waals surface area contributed by atoms with Gasteiger partial charge in [-0.05, 0) is 52.1 Å². The lowest BCUT2D eigenvalue weighted by molar-refractivity contribution is 0.228. The van der Waals surface area contributed by atoms with Crippen molar-refractivity contribution >= 4 is 0 Å². The summed E-state index contributed by atoms with van der Waals surface area (Å²) in [4.78, 5) is 2.63. The minimum Gasteiger partial charge on any atom is -0.313 e. The van der Waals surface area contributed by atoms with Crippen LogP contribution in [0.25, 0.3) is 0 Å². The van der Waals surface area contributed by atoms with Crippen LogP contribution in [0, 0.1) is 5.92 Å². The fourth-order valence-electron chi connectivity index (χ4n) is 3.00. The van der Waals surface area contributed by atoms with Crippen molar-refractivity contribution in [1.82, 2.24) is 10.2 Å². The van der Waals surface area contributed by atoms with Crippen LogP contribution in [0.3, 0.4) is 0 Å². The number of hydrogen-bond acceptors (Lipinski definition) is 2. The van der Waals surface area contributed by atoms with E-state index in [-0.39, 0.29) is 0 Å². The molecule has 2 aliphatic rings. The van der Waals surface area contributed by atoms with E-state index in [1.165, 1.54) is 58.2 Å². The standard InChI is InChI=1S/C14H28N2/c1-12(10-14-6-5-7-14)15-11-13(2)16-8-3-4-9-16/h12-15H,3-11H2,1-2H3. The van der Waals surface area contributed by atoms with Gasteiger partial charge < -0.3 is 5.32 Å². The van der Waals surface area contributed by atoms with Crippen LogP contribution in [0.4, 0.5) is 0 Å². The molecule has 2 fully saturated rings. The molecule has 1 aliphatic carbocycles. The maximum Gasteiger partial charge on any atom is 0.0192 e. The zero-order valence-electron chi connectivity index (χ0n) is 11.0. The van der Waals surface area contributed by atoms with E-state index in [4.69, 9.17) is 0 Å². The monoisotopic (exact) mass is 224 g/mol. The second-order valence-corrected chi connectivity index (χ2v) is 5.93. The molecular formula is C14H28N2. The Morgan fingerprint density at radius 1 is 1.12 bits per heavy atom. The molecule has 16 heavy (non-hydrogen) atoms. The van der Waals surface area contributed by atoms with Gasteiger partial charge in [0, 0.05) is 18.6 Å². The van der Waals surface area contributed by atoms with Crippen molar-refractivity contribution in [3.63, 3.8) is 0 Å². The van der Waals surface area contributed by atoms with Crippen LogP contribution in [0.1, 0.15) is 52.4 Å². The van der Waals surface area contributed by atoms with Crippen LogP contribution < -0.4 is 5.32 Å². The van der Waals surface area contributed by atoms with Crippen molar-refractivity contribution in [1.29, 1.82) is 0 Å². The molecule has 0 aromatic carbocycles. The Kier molecular flexibility index (Phi) is 4.66. The highest BCUT2D eigenvalue weighted by Gasteiger charge is 2.21. The summed E-state index contributed by atoms with van der Waals surface area (Å²) in [6, 6.07) is 1.45. The first-order chi connectivity index (χ1) is 7.75. The molecule has 1 N–H and O–H groups in total. The summed E-state index contributed by atoms with van der Waals surface area (Å²) in [6.45, 7) is 8.54. The molecule has 0 radical (unpaired) electrons. The van der Waals surface area contributed by atoms with E-state index in [1.807, 2.05) is 0 Å². The van der Waals surface area contributed by atoms with Crippen LogP contribution in [0.5, 0.6) is 0 Å². The van der Waals surface area contributed by atoms with Crippen LogP contribution >= 0.6 is 0 Å². The van der Waals surface area contributed by atoms with Gasteiger partial charge in [0.2, 0.25) is 0 Å². The van der Waals surface area contributed by atoms with Crippen molar-refractivity contribution in [3.05, 3.63) is 0 Å². The van der Waals surface area contributed by atoms with Gasteiger partial charge in [0.1, 0.15) is 0 Å². The summed E-state index contributed by atoms with van der Waals surface area (Å²) in [6.07, 6.45) is 8.64. The van der Waals surface area contributed by atoms with Crippen molar-refractivity contribution in [2.75, 3.05) is 19.6 Å². The quantitative estimate of drug-likeness (QED) is 0.746. The van der Waals surface area contributed by atoms with Crippen LogP contribution in [-0.4, -0.2) is 36.6 Å². The Morgan fingerprint density at radius 2 is 1.81 bits per heavy atom. The van der Waals surface area contributed by atoms with E-state index in [2.05, 4.69) is 24.1 Å². The Hall–Kier alpha value is -0.0800. The highest BCUT2D eigenvalue weighted by atomic mass is 15.2. The number of likely N-dealkylation sites (tertiary alicyclic amines) is 1. The molecule has 2 nitrogen and oxygen atoms in total. The van der Waals surface area contributed by atoms with E-state index >= 15 is 0 Å². The summed E-state index contributed by atoms with van der Waals surface area (Å²) in [7, 11) is 0. The number of hydrogen-bond donors (Lipinski definition) is 1. The van der Waals surface area contributed by atoms with Crippen molar-refractivity contribution < 1.29 is 0 Å². The molecule has 2 heteroatoms. The summed E-state index contributed by atoms with van der Waals surface area (Å²) >= 11 is 0. The summed E-state index contributed by atoms with van der Waals surface area (Å²) < 4.78 is 0. The first kappa shape index (κ1) is 12.4. The Bertz CT molecular complexity index is 195. The summed E-state index contributed by atoms with van der Waals surface area (Å²) in [5.74, 6) is 1.03. The van der Waals surface area contributed by atoms with E-state index in [0.29, 0.717) is 0 Å². The predicted molar refractivity (Wildman–Crippen MR) is 69.7 cm³/mol. The fraction of sp³-hybridized carbons (Fsp3) is 1.00. The number of rotatable bonds is 6. The van der Waals surface area contributed by atoms with Gasteiger partial charge in [-0.1, -0.05) is 19.3 Å². The second-order valence-electron chi connectivity index (χ2n) is 5.93. The third kappa shape index (κ3) is 3.46. The van der Waals surface area contributed by atoms with Crippen LogP contribution in [0.2, 0.25) is 0 Å². The summed E-state index contributed by atoms with van der Waals surface area (Å²) in [5.41, 5.74) is 0. The van der Waals surface area contributed by atoms with Gasteiger partial charge >= 0.3 is 0 Å². The third-order valence-corrected chi connectivity index (χ3v) is 4.44. The van der Waals surface area contributed by atoms with E-state index < -0.39 is 0 Å². The predicted octanol–water partition coefficient (Wildman–Crippen LogP) is 2.64. The molecule has 94 valence electrons. The maximum atomic E-state index is 3.72. The molecule has 2 atom stereocenters. The first-order valence-electron chi connectivity index (χ1n) is 7.23. The fourth-order valence-corrected chi connectivity index (χ4v) is 3.00. The van der Waals surface area contributed by atoms with Gasteiger partial charge in [0.05, 0.1) is 0 Å². The average Bonchev–Trinajstić information content (AvgIpc) is 2.73. The summed E-state index contributed by atoms with van der Waals surface area (Å²) in [5, 5.41) is 3.72. The van der Waals surface area contributed by atoms with Crippen molar-refractivity contribution in [2.45, 2.75) is 64.5 Å². The average molecular weight is 224 g/mol. The largest absolute Gasteiger partial charge is 0.313 e. The highest BCUT2D eigenvalue weighted by Crippen LogP contribution is 2.30. The van der Waals surface area contributed by atoms with Gasteiger partial charge in [-0.15, -0.1) is 0 Å². The van der Waals surface area contributed by atoms with Crippen LogP contribution in [-0.2, 0) is 0 Å². The van der Waals surface area contributed by atoms with Gasteiger partial charge in [-0.3, -0.25) is 4.90 Å².